The highest BCUT2D eigenvalue weighted by Crippen LogP contribution is 2.44. The Morgan fingerprint density at radius 3 is 2.18 bits per heavy atom. The number of fused-ring (bicyclic) bond motifs is 1. The lowest BCUT2D eigenvalue weighted by Gasteiger charge is -2.32. The lowest BCUT2D eigenvalue weighted by Crippen LogP contribution is -2.41. The fraction of sp³-hybridized carbons (Fsp3) is 0.471. The fourth-order valence-corrected chi connectivity index (χ4v) is 2.85. The fourth-order valence-electron chi connectivity index (χ4n) is 2.85. The number of rotatable bonds is 3. The van der Waals surface area contributed by atoms with Gasteiger partial charge in [0.25, 0.3) is 6.43 Å². The molecule has 0 saturated carbocycles. The lowest BCUT2D eigenvalue weighted by molar-refractivity contribution is -0.0701. The van der Waals surface area contributed by atoms with Gasteiger partial charge in [-0.15, -0.1) is 0 Å². The van der Waals surface area contributed by atoms with Gasteiger partial charge in [0, 0.05) is 6.20 Å². The minimum absolute atomic E-state index is 0.309. The summed E-state index contributed by atoms with van der Waals surface area (Å²) in [6, 6.07) is 3.85. The van der Waals surface area contributed by atoms with Gasteiger partial charge in [-0.05, 0) is 39.8 Å². The Bertz CT molecular complexity index is 919. The molecule has 3 heterocycles. The summed E-state index contributed by atoms with van der Waals surface area (Å²) in [6.45, 7) is 6.20. The molecular formula is C17H17BF6N2O2. The number of hydrogen-bond acceptors (Lipinski definition) is 3. The Balaban J connectivity index is 2.23. The van der Waals surface area contributed by atoms with Crippen LogP contribution in [0.15, 0.2) is 30.1 Å². The Morgan fingerprint density at radius 2 is 1.68 bits per heavy atom. The summed E-state index contributed by atoms with van der Waals surface area (Å²) in [5, 5.41) is 0. The molecule has 2 aromatic rings. The third-order valence-corrected chi connectivity index (χ3v) is 4.99. The number of halogens is 6. The quantitative estimate of drug-likeness (QED) is 0.523. The third-order valence-electron chi connectivity index (χ3n) is 4.99. The molecule has 0 bridgehead atoms. The van der Waals surface area contributed by atoms with E-state index in [2.05, 4.69) is 4.98 Å². The zero-order valence-electron chi connectivity index (χ0n) is 15.4. The van der Waals surface area contributed by atoms with Gasteiger partial charge in [0.2, 0.25) is 0 Å². The second-order valence-corrected chi connectivity index (χ2v) is 7.38. The molecule has 1 saturated heterocycles. The van der Waals surface area contributed by atoms with Gasteiger partial charge >= 0.3 is 13.3 Å². The van der Waals surface area contributed by atoms with Crippen LogP contribution >= 0.6 is 0 Å². The van der Waals surface area contributed by atoms with Crippen molar-refractivity contribution in [1.29, 1.82) is 0 Å². The summed E-state index contributed by atoms with van der Waals surface area (Å²) in [7, 11) is -1.95. The van der Waals surface area contributed by atoms with Gasteiger partial charge in [-0.3, -0.25) is 4.40 Å². The van der Waals surface area contributed by atoms with Crippen molar-refractivity contribution < 1.29 is 35.7 Å². The molecule has 4 nitrogen and oxygen atoms in total. The number of imidazole rings is 1. The minimum atomic E-state index is -5.22. The maximum atomic E-state index is 15.1. The standard InChI is InChI=1S/C17H17BF6N2O2/c1-15(2)16(3,4)28-18(27-15)12(19)10(17(22,23)24)11-9-7-5-6-8-26(9)14(25-11)13(20)21/h5-8,13H,1-4H3. The van der Waals surface area contributed by atoms with Gasteiger partial charge in [0.1, 0.15) is 17.0 Å². The summed E-state index contributed by atoms with van der Waals surface area (Å²) in [5.74, 6) is -0.922. The van der Waals surface area contributed by atoms with Crippen molar-refractivity contribution >= 4 is 18.2 Å². The Morgan fingerprint density at radius 1 is 1.11 bits per heavy atom. The molecule has 3 rings (SSSR count). The zero-order valence-corrected chi connectivity index (χ0v) is 15.4. The highest BCUT2D eigenvalue weighted by molar-refractivity contribution is 6.55. The number of alkyl halides is 5. The number of pyridine rings is 1. The molecule has 0 spiro atoms. The summed E-state index contributed by atoms with van der Waals surface area (Å²) in [5.41, 5.74) is -7.00. The van der Waals surface area contributed by atoms with E-state index in [1.54, 1.807) is 27.7 Å². The second kappa shape index (κ2) is 6.52. The van der Waals surface area contributed by atoms with E-state index in [1.165, 1.54) is 12.1 Å². The van der Waals surface area contributed by atoms with Crippen LogP contribution in [0.4, 0.5) is 26.3 Å². The predicted octanol–water partition coefficient (Wildman–Crippen LogP) is 5.15. The maximum absolute atomic E-state index is 15.1. The first-order valence-electron chi connectivity index (χ1n) is 8.34. The first-order chi connectivity index (χ1) is 12.8. The molecule has 28 heavy (non-hydrogen) atoms. The van der Waals surface area contributed by atoms with E-state index in [4.69, 9.17) is 9.31 Å². The highest BCUT2D eigenvalue weighted by atomic mass is 19.4. The smallest absolute Gasteiger partial charge is 0.398 e. The summed E-state index contributed by atoms with van der Waals surface area (Å²) in [6.07, 6.45) is -7.25. The molecular weight excluding hydrogens is 389 g/mol. The van der Waals surface area contributed by atoms with E-state index in [-0.39, 0.29) is 5.52 Å². The SMILES string of the molecule is CC1(C)OB(C(F)=C(c2nc(C(F)F)n3ccccc23)C(F)(F)F)OC1(C)C. The zero-order chi connectivity index (χ0) is 21.1. The van der Waals surface area contributed by atoms with E-state index in [0.29, 0.717) is 0 Å². The molecule has 1 fully saturated rings. The van der Waals surface area contributed by atoms with Gasteiger partial charge in [0.05, 0.1) is 16.7 Å². The van der Waals surface area contributed by atoms with Crippen LogP contribution in [0.3, 0.4) is 0 Å². The number of allylic oxidation sites excluding steroid dienone is 1. The van der Waals surface area contributed by atoms with Crippen LogP contribution in [0.5, 0.6) is 0 Å². The molecule has 0 atom stereocenters. The average molecular weight is 406 g/mol. The van der Waals surface area contributed by atoms with Gasteiger partial charge < -0.3 is 9.31 Å². The van der Waals surface area contributed by atoms with Crippen molar-refractivity contribution in [3.63, 3.8) is 0 Å². The average Bonchev–Trinajstić information content (AvgIpc) is 3.02. The predicted molar refractivity (Wildman–Crippen MR) is 90.3 cm³/mol. The third kappa shape index (κ3) is 3.30. The Kier molecular flexibility index (Phi) is 4.82. The van der Waals surface area contributed by atoms with Gasteiger partial charge in [0.15, 0.2) is 5.82 Å². The van der Waals surface area contributed by atoms with Crippen LogP contribution in [0.2, 0.25) is 0 Å². The van der Waals surface area contributed by atoms with Crippen LogP contribution in [-0.2, 0) is 9.31 Å². The monoisotopic (exact) mass is 406 g/mol. The maximum Gasteiger partial charge on any atom is 0.525 e. The van der Waals surface area contributed by atoms with Crippen LogP contribution in [0, 0.1) is 0 Å². The number of nitrogens with zero attached hydrogens (tertiary/aromatic N) is 2. The number of hydrogen-bond donors (Lipinski definition) is 0. The summed E-state index contributed by atoms with van der Waals surface area (Å²) < 4.78 is 94.4. The molecule has 0 aliphatic carbocycles. The van der Waals surface area contributed by atoms with E-state index in [1.807, 2.05) is 0 Å². The van der Waals surface area contributed by atoms with E-state index < -0.39 is 53.7 Å². The lowest BCUT2D eigenvalue weighted by atomic mass is 9.83. The van der Waals surface area contributed by atoms with Crippen LogP contribution in [-0.4, -0.2) is 33.9 Å². The van der Waals surface area contributed by atoms with E-state index >= 15 is 4.39 Å². The van der Waals surface area contributed by atoms with Crippen molar-refractivity contribution in [2.45, 2.75) is 51.5 Å². The molecule has 1 aliphatic heterocycles. The molecule has 0 unspecified atom stereocenters. The second-order valence-electron chi connectivity index (χ2n) is 7.38. The molecule has 0 amide bonds. The topological polar surface area (TPSA) is 35.8 Å². The van der Waals surface area contributed by atoms with E-state index in [0.717, 1.165) is 16.7 Å². The van der Waals surface area contributed by atoms with Gasteiger partial charge in [-0.1, -0.05) is 6.07 Å². The summed E-state index contributed by atoms with van der Waals surface area (Å²) >= 11 is 0. The number of aromatic nitrogens is 2. The van der Waals surface area contributed by atoms with Crippen molar-refractivity contribution in [3.8, 4) is 0 Å². The summed E-state index contributed by atoms with van der Waals surface area (Å²) in [4.78, 5) is 3.40. The molecule has 0 aromatic carbocycles. The van der Waals surface area contributed by atoms with Gasteiger partial charge in [-0.25, -0.2) is 18.2 Å². The van der Waals surface area contributed by atoms with E-state index in [9.17, 15) is 22.0 Å². The largest absolute Gasteiger partial charge is 0.525 e. The van der Waals surface area contributed by atoms with Crippen molar-refractivity contribution in [3.05, 3.63) is 41.6 Å². The molecule has 0 radical (unpaired) electrons. The molecule has 11 heteroatoms. The highest BCUT2D eigenvalue weighted by Gasteiger charge is 2.56. The van der Waals surface area contributed by atoms with Crippen LogP contribution in [0.1, 0.15) is 45.6 Å². The molecule has 1 aliphatic rings. The normalized spacial score (nSPS) is 20.2. The minimum Gasteiger partial charge on any atom is -0.398 e. The van der Waals surface area contributed by atoms with Crippen LogP contribution < -0.4 is 0 Å². The van der Waals surface area contributed by atoms with Crippen molar-refractivity contribution in [2.24, 2.45) is 0 Å². The molecule has 0 N–H and O–H groups in total. The first-order valence-corrected chi connectivity index (χ1v) is 8.34. The van der Waals surface area contributed by atoms with Gasteiger partial charge in [-0.2, -0.15) is 13.2 Å². The van der Waals surface area contributed by atoms with Crippen LogP contribution in [0.25, 0.3) is 11.1 Å². The van der Waals surface area contributed by atoms with Crippen molar-refractivity contribution in [2.75, 3.05) is 0 Å². The molecule has 2 aromatic heterocycles. The first kappa shape index (κ1) is 20.7. The molecule has 152 valence electrons. The Labute approximate surface area is 157 Å². The van der Waals surface area contributed by atoms with Crippen molar-refractivity contribution in [1.82, 2.24) is 9.38 Å². The Hall–Kier alpha value is -2.01.